The first-order valence-corrected chi connectivity index (χ1v) is 13.8. The number of piperazine rings is 1. The summed E-state index contributed by atoms with van der Waals surface area (Å²) in [6.07, 6.45) is -2.25. The van der Waals surface area contributed by atoms with Crippen molar-refractivity contribution in [3.8, 4) is 5.75 Å². The van der Waals surface area contributed by atoms with Crippen LogP contribution in [0.1, 0.15) is 48.9 Å². The van der Waals surface area contributed by atoms with Gasteiger partial charge in [0, 0.05) is 49.5 Å². The summed E-state index contributed by atoms with van der Waals surface area (Å²) in [5, 5.41) is 0. The molecule has 0 aliphatic carbocycles. The third-order valence-corrected chi connectivity index (χ3v) is 7.61. The molecule has 0 amide bonds. The average Bonchev–Trinajstić information content (AvgIpc) is 3.30. The minimum absolute atomic E-state index is 0.0426. The van der Waals surface area contributed by atoms with Crippen molar-refractivity contribution >= 4 is 22.8 Å². The van der Waals surface area contributed by atoms with Crippen molar-refractivity contribution < 1.29 is 31.5 Å². The Hall–Kier alpha value is -4.15. The number of ether oxygens (including phenoxy) is 1. The summed E-state index contributed by atoms with van der Waals surface area (Å²) >= 11 is 0. The quantitative estimate of drug-likeness (QED) is 0.165. The van der Waals surface area contributed by atoms with E-state index >= 15 is 4.39 Å². The number of alkyl halides is 3. The highest BCUT2D eigenvalue weighted by Gasteiger charge is 2.33. The SMILES string of the molecule is CCc1nc2cc(F)ccn2c1C(=O)CCc1ccc(N2C[C@H](C)N(c3ccc(OC(F)(F)F)cc3)C[C@H]2C)c(F)c1. The van der Waals surface area contributed by atoms with E-state index in [1.165, 1.54) is 36.5 Å². The Balaban J connectivity index is 1.25. The molecule has 1 aliphatic rings. The van der Waals surface area contributed by atoms with Crippen molar-refractivity contribution in [3.05, 3.63) is 89.4 Å². The van der Waals surface area contributed by atoms with Crippen LogP contribution < -0.4 is 14.5 Å². The van der Waals surface area contributed by atoms with Crippen LogP contribution >= 0.6 is 0 Å². The molecule has 0 spiro atoms. The van der Waals surface area contributed by atoms with Crippen LogP contribution in [-0.4, -0.2) is 46.7 Å². The first-order valence-electron chi connectivity index (χ1n) is 13.8. The molecule has 2 aromatic heterocycles. The number of benzene rings is 2. The van der Waals surface area contributed by atoms with Crippen LogP contribution in [0.4, 0.5) is 33.3 Å². The molecule has 1 fully saturated rings. The van der Waals surface area contributed by atoms with Crippen LogP contribution in [0.2, 0.25) is 0 Å². The molecular weight excluding hydrogens is 555 g/mol. The average molecular weight is 587 g/mol. The van der Waals surface area contributed by atoms with Crippen LogP contribution in [-0.2, 0) is 12.8 Å². The third kappa shape index (κ3) is 6.19. The van der Waals surface area contributed by atoms with E-state index in [0.717, 1.165) is 5.69 Å². The molecule has 2 atom stereocenters. The molecule has 1 saturated heterocycles. The number of carbonyl (C=O) groups excluding carboxylic acids is 1. The van der Waals surface area contributed by atoms with E-state index in [1.807, 2.05) is 31.7 Å². The number of nitrogens with zero attached hydrogens (tertiary/aromatic N) is 4. The van der Waals surface area contributed by atoms with E-state index in [-0.39, 0.29) is 35.9 Å². The lowest BCUT2D eigenvalue weighted by Crippen LogP contribution is -2.57. The second-order valence-corrected chi connectivity index (χ2v) is 10.6. The number of pyridine rings is 1. The molecule has 0 radical (unpaired) electrons. The maximum Gasteiger partial charge on any atom is 0.573 e. The normalized spacial score (nSPS) is 17.6. The standard InChI is InChI=1S/C31H31F5N4O2/c1-4-26-30(38-14-13-22(32)16-29(38)37-26)28(41)12-6-21-5-11-27(25(33)15-21)40-18-19(2)39(17-20(40)3)23-7-9-24(10-8-23)42-31(34,35)36/h5,7-11,13-16,19-20H,4,6,12,17-18H2,1-3H3/t19-,20+/m0/s1. The summed E-state index contributed by atoms with van der Waals surface area (Å²) in [7, 11) is 0. The van der Waals surface area contributed by atoms with Crippen molar-refractivity contribution in [1.29, 1.82) is 0 Å². The Morgan fingerprint density at radius 1 is 0.976 bits per heavy atom. The fourth-order valence-corrected chi connectivity index (χ4v) is 5.59. The fourth-order valence-electron chi connectivity index (χ4n) is 5.59. The molecule has 1 aliphatic heterocycles. The molecule has 0 N–H and O–H groups in total. The zero-order valence-electron chi connectivity index (χ0n) is 23.5. The highest BCUT2D eigenvalue weighted by molar-refractivity contribution is 5.96. The first kappa shape index (κ1) is 29.3. The van der Waals surface area contributed by atoms with Crippen LogP contribution in [0.15, 0.2) is 60.8 Å². The van der Waals surface area contributed by atoms with Gasteiger partial charge < -0.3 is 14.5 Å². The number of rotatable bonds is 8. The van der Waals surface area contributed by atoms with Crippen molar-refractivity contribution in [3.63, 3.8) is 0 Å². The molecule has 222 valence electrons. The number of ketones is 1. The van der Waals surface area contributed by atoms with Crippen molar-refractivity contribution in [2.24, 2.45) is 0 Å². The summed E-state index contributed by atoms with van der Waals surface area (Å²) in [5.41, 5.74) is 3.29. The predicted octanol–water partition coefficient (Wildman–Crippen LogP) is 6.99. The summed E-state index contributed by atoms with van der Waals surface area (Å²) in [6.45, 7) is 6.88. The number of hydrogen-bond donors (Lipinski definition) is 0. The van der Waals surface area contributed by atoms with Gasteiger partial charge in [0.15, 0.2) is 5.78 Å². The Morgan fingerprint density at radius 2 is 1.67 bits per heavy atom. The maximum absolute atomic E-state index is 15.4. The molecule has 0 unspecified atom stereocenters. The number of hydrogen-bond acceptors (Lipinski definition) is 5. The molecule has 5 rings (SSSR count). The number of anilines is 2. The number of carbonyl (C=O) groups is 1. The van der Waals surface area contributed by atoms with E-state index in [0.29, 0.717) is 54.2 Å². The Bertz CT molecular complexity index is 1580. The van der Waals surface area contributed by atoms with E-state index < -0.39 is 12.2 Å². The number of aryl methyl sites for hydroxylation is 2. The van der Waals surface area contributed by atoms with E-state index in [9.17, 15) is 22.4 Å². The first-order chi connectivity index (χ1) is 19.9. The number of imidazole rings is 1. The van der Waals surface area contributed by atoms with Crippen LogP contribution in [0.25, 0.3) is 5.65 Å². The van der Waals surface area contributed by atoms with Gasteiger partial charge in [-0.15, -0.1) is 13.2 Å². The fraction of sp³-hybridized carbons (Fsp3) is 0.355. The largest absolute Gasteiger partial charge is 0.573 e. The molecule has 4 aromatic rings. The van der Waals surface area contributed by atoms with Gasteiger partial charge in [-0.3, -0.25) is 9.20 Å². The molecule has 6 nitrogen and oxygen atoms in total. The number of fused-ring (bicyclic) bond motifs is 1. The summed E-state index contributed by atoms with van der Waals surface area (Å²) < 4.78 is 72.1. The Labute approximate surface area is 240 Å². The van der Waals surface area contributed by atoms with E-state index in [4.69, 9.17) is 0 Å². The van der Waals surface area contributed by atoms with Crippen molar-refractivity contribution in [1.82, 2.24) is 9.38 Å². The van der Waals surface area contributed by atoms with Gasteiger partial charge in [-0.25, -0.2) is 13.8 Å². The number of aromatic nitrogens is 2. The van der Waals surface area contributed by atoms with E-state index in [1.54, 1.807) is 22.6 Å². The minimum atomic E-state index is -4.75. The molecule has 0 saturated carbocycles. The zero-order valence-corrected chi connectivity index (χ0v) is 23.5. The summed E-state index contributed by atoms with van der Waals surface area (Å²) in [6, 6.07) is 13.2. The zero-order chi connectivity index (χ0) is 30.2. The maximum atomic E-state index is 15.4. The number of halogens is 5. The molecule has 2 aromatic carbocycles. The van der Waals surface area contributed by atoms with Crippen LogP contribution in [0.5, 0.6) is 5.75 Å². The topological polar surface area (TPSA) is 50.1 Å². The molecule has 0 bridgehead atoms. The smallest absolute Gasteiger partial charge is 0.406 e. The van der Waals surface area contributed by atoms with Gasteiger partial charge in [0.2, 0.25) is 0 Å². The Kier molecular flexibility index (Phi) is 8.12. The van der Waals surface area contributed by atoms with Gasteiger partial charge in [-0.2, -0.15) is 0 Å². The molecule has 11 heteroatoms. The Morgan fingerprint density at radius 3 is 2.33 bits per heavy atom. The lowest BCUT2D eigenvalue weighted by Gasteiger charge is -2.46. The van der Waals surface area contributed by atoms with Gasteiger partial charge >= 0.3 is 6.36 Å². The van der Waals surface area contributed by atoms with Crippen LogP contribution in [0, 0.1) is 11.6 Å². The second kappa shape index (κ2) is 11.6. The van der Waals surface area contributed by atoms with E-state index in [2.05, 4.69) is 14.6 Å². The van der Waals surface area contributed by atoms with Gasteiger partial charge in [-0.1, -0.05) is 13.0 Å². The van der Waals surface area contributed by atoms with Crippen LogP contribution in [0.3, 0.4) is 0 Å². The van der Waals surface area contributed by atoms with Gasteiger partial charge in [-0.05, 0) is 74.7 Å². The summed E-state index contributed by atoms with van der Waals surface area (Å²) in [5.74, 6) is -1.25. The minimum Gasteiger partial charge on any atom is -0.406 e. The molecule has 3 heterocycles. The van der Waals surface area contributed by atoms with Gasteiger partial charge in [0.05, 0.1) is 11.4 Å². The lowest BCUT2D eigenvalue weighted by molar-refractivity contribution is -0.274. The van der Waals surface area contributed by atoms with Gasteiger partial charge in [0.1, 0.15) is 28.7 Å². The highest BCUT2D eigenvalue weighted by Crippen LogP contribution is 2.32. The monoisotopic (exact) mass is 586 g/mol. The van der Waals surface area contributed by atoms with Gasteiger partial charge in [0.25, 0.3) is 0 Å². The lowest BCUT2D eigenvalue weighted by atomic mass is 10.0. The predicted molar refractivity (Wildman–Crippen MR) is 150 cm³/mol. The highest BCUT2D eigenvalue weighted by atomic mass is 19.4. The number of Topliss-reactive ketones (excluding diaryl/α,β-unsaturated/α-hetero) is 1. The third-order valence-electron chi connectivity index (χ3n) is 7.61. The van der Waals surface area contributed by atoms with Crippen molar-refractivity contribution in [2.75, 3.05) is 22.9 Å². The second-order valence-electron chi connectivity index (χ2n) is 10.6. The summed E-state index contributed by atoms with van der Waals surface area (Å²) in [4.78, 5) is 21.6. The molecule has 42 heavy (non-hydrogen) atoms. The van der Waals surface area contributed by atoms with Crippen molar-refractivity contribution in [2.45, 2.75) is 58.5 Å². The molecular formula is C31H31F5N4O2.